The van der Waals surface area contributed by atoms with Crippen LogP contribution in [0.3, 0.4) is 0 Å². The van der Waals surface area contributed by atoms with Crippen molar-refractivity contribution in [2.45, 2.75) is 57.7 Å². The summed E-state index contributed by atoms with van der Waals surface area (Å²) in [6.45, 7) is 3.74. The van der Waals surface area contributed by atoms with Gasteiger partial charge >= 0.3 is 12.1 Å². The van der Waals surface area contributed by atoms with E-state index in [4.69, 9.17) is 4.74 Å². The molecule has 1 aromatic carbocycles. The van der Waals surface area contributed by atoms with Crippen LogP contribution < -0.4 is 10.6 Å². The summed E-state index contributed by atoms with van der Waals surface area (Å²) in [6, 6.07) is 4.74. The van der Waals surface area contributed by atoms with Gasteiger partial charge in [-0.2, -0.15) is 0 Å². The number of nitrogens with zero attached hydrogens (tertiary/aromatic N) is 4. The highest BCUT2D eigenvalue weighted by atomic mass is 32.1. The molecule has 2 heterocycles. The molecule has 3 aliphatic rings. The first kappa shape index (κ1) is 24.2. The fourth-order valence-corrected chi connectivity index (χ4v) is 5.70. The van der Waals surface area contributed by atoms with Crippen LogP contribution in [-0.2, 0) is 32.9 Å². The third-order valence-electron chi connectivity index (χ3n) is 7.13. The third-order valence-corrected chi connectivity index (χ3v) is 7.95. The van der Waals surface area contributed by atoms with Gasteiger partial charge in [-0.15, -0.1) is 10.2 Å². The number of anilines is 1. The molecule has 11 nitrogen and oxygen atoms in total. The summed E-state index contributed by atoms with van der Waals surface area (Å²) in [5.74, 6) is -0.458. The summed E-state index contributed by atoms with van der Waals surface area (Å²) in [7, 11) is 1.52. The number of imide groups is 1. The molecular formula is C24H28N6O5S. The van der Waals surface area contributed by atoms with E-state index in [2.05, 4.69) is 20.8 Å². The second-order valence-corrected chi connectivity index (χ2v) is 10.7. The second-order valence-electron chi connectivity index (χ2n) is 9.48. The monoisotopic (exact) mass is 512 g/mol. The fraction of sp³-hybridized carbons (Fsp3) is 0.500. The molecule has 1 aliphatic heterocycles. The molecule has 2 aromatic rings. The van der Waals surface area contributed by atoms with Gasteiger partial charge < -0.3 is 20.3 Å². The van der Waals surface area contributed by atoms with Crippen molar-refractivity contribution in [2.24, 2.45) is 5.92 Å². The van der Waals surface area contributed by atoms with Crippen LogP contribution in [0.4, 0.5) is 15.3 Å². The molecule has 1 saturated carbocycles. The number of aromatic nitrogens is 2. The average Bonchev–Trinajstić information content (AvgIpc) is 3.48. The first-order chi connectivity index (χ1) is 17.2. The zero-order valence-electron chi connectivity index (χ0n) is 20.4. The van der Waals surface area contributed by atoms with E-state index in [-0.39, 0.29) is 37.5 Å². The van der Waals surface area contributed by atoms with Crippen molar-refractivity contribution in [3.8, 4) is 0 Å². The summed E-state index contributed by atoms with van der Waals surface area (Å²) < 4.78 is 5.67. The molecule has 2 fully saturated rings. The van der Waals surface area contributed by atoms with Gasteiger partial charge in [0.15, 0.2) is 0 Å². The summed E-state index contributed by atoms with van der Waals surface area (Å²) in [5.41, 5.74) is 0.534. The van der Waals surface area contributed by atoms with Crippen LogP contribution in [0.15, 0.2) is 18.2 Å². The van der Waals surface area contributed by atoms with Gasteiger partial charge in [-0.25, -0.2) is 14.5 Å². The SMILES string of the molecule is CNC(=O)Nc1ccc2c(c1)CC[C@@]21OC(=O)N(CC(=O)N(Cc2nnc(C)s2)[C@@H](C)C2CC2)C1=O. The highest BCUT2D eigenvalue weighted by Crippen LogP contribution is 2.46. The van der Waals surface area contributed by atoms with E-state index in [0.29, 0.717) is 28.6 Å². The van der Waals surface area contributed by atoms with Gasteiger partial charge in [-0.1, -0.05) is 17.4 Å². The van der Waals surface area contributed by atoms with Crippen molar-refractivity contribution in [3.63, 3.8) is 0 Å². The number of ether oxygens (including phenoxy) is 1. The summed E-state index contributed by atoms with van der Waals surface area (Å²) in [6.07, 6.45) is 2.05. The molecule has 0 radical (unpaired) electrons. The van der Waals surface area contributed by atoms with Crippen LogP contribution in [-0.4, -0.2) is 63.6 Å². The molecule has 2 aliphatic carbocycles. The van der Waals surface area contributed by atoms with Crippen molar-refractivity contribution in [1.82, 2.24) is 25.3 Å². The minimum absolute atomic E-state index is 0.0390. The van der Waals surface area contributed by atoms with Crippen LogP contribution in [0.5, 0.6) is 0 Å². The van der Waals surface area contributed by atoms with Gasteiger partial charge in [0.1, 0.15) is 16.6 Å². The third kappa shape index (κ3) is 4.29. The van der Waals surface area contributed by atoms with Crippen LogP contribution in [0.2, 0.25) is 0 Å². The number of benzene rings is 1. The Labute approximate surface area is 212 Å². The lowest BCUT2D eigenvalue weighted by molar-refractivity contribution is -0.143. The number of aryl methyl sites for hydroxylation is 2. The molecule has 190 valence electrons. The number of hydrogen-bond acceptors (Lipinski definition) is 8. The normalized spacial score (nSPS) is 21.4. The van der Waals surface area contributed by atoms with E-state index in [9.17, 15) is 19.2 Å². The largest absolute Gasteiger partial charge is 0.427 e. The summed E-state index contributed by atoms with van der Waals surface area (Å²) >= 11 is 1.42. The summed E-state index contributed by atoms with van der Waals surface area (Å²) in [5, 5.41) is 14.9. The van der Waals surface area contributed by atoms with Crippen molar-refractivity contribution < 1.29 is 23.9 Å². The van der Waals surface area contributed by atoms with Crippen molar-refractivity contribution >= 4 is 41.0 Å². The lowest BCUT2D eigenvalue weighted by Gasteiger charge is -2.29. The first-order valence-electron chi connectivity index (χ1n) is 12.0. The summed E-state index contributed by atoms with van der Waals surface area (Å²) in [4.78, 5) is 54.1. The van der Waals surface area contributed by atoms with E-state index >= 15 is 0 Å². The van der Waals surface area contributed by atoms with E-state index < -0.39 is 17.6 Å². The maximum atomic E-state index is 13.6. The number of carbonyl (C=O) groups is 4. The minimum Gasteiger partial charge on any atom is -0.427 e. The minimum atomic E-state index is -1.44. The van der Waals surface area contributed by atoms with E-state index in [1.807, 2.05) is 13.8 Å². The Hall–Kier alpha value is -3.54. The van der Waals surface area contributed by atoms with E-state index in [1.165, 1.54) is 18.4 Å². The Morgan fingerprint density at radius 3 is 2.75 bits per heavy atom. The molecule has 0 unspecified atom stereocenters. The van der Waals surface area contributed by atoms with Gasteiger partial charge in [0.05, 0.1) is 6.54 Å². The van der Waals surface area contributed by atoms with Crippen LogP contribution >= 0.6 is 11.3 Å². The molecular weight excluding hydrogens is 484 g/mol. The number of hydrogen-bond donors (Lipinski definition) is 2. The van der Waals surface area contributed by atoms with Crippen LogP contribution in [0.1, 0.15) is 47.3 Å². The maximum absolute atomic E-state index is 13.6. The molecule has 5 rings (SSSR count). The van der Waals surface area contributed by atoms with Crippen molar-refractivity contribution in [3.05, 3.63) is 39.3 Å². The molecule has 0 bridgehead atoms. The van der Waals surface area contributed by atoms with Crippen molar-refractivity contribution in [2.75, 3.05) is 18.9 Å². The predicted molar refractivity (Wildman–Crippen MR) is 130 cm³/mol. The lowest BCUT2D eigenvalue weighted by atomic mass is 9.94. The fourth-order valence-electron chi connectivity index (χ4n) is 4.99. The van der Waals surface area contributed by atoms with Gasteiger partial charge in [-0.3, -0.25) is 9.59 Å². The number of fused-ring (bicyclic) bond motifs is 2. The zero-order chi connectivity index (χ0) is 25.6. The van der Waals surface area contributed by atoms with Gasteiger partial charge in [0.2, 0.25) is 11.5 Å². The quantitative estimate of drug-likeness (QED) is 0.582. The topological polar surface area (TPSA) is 134 Å². The number of urea groups is 1. The highest BCUT2D eigenvalue weighted by Gasteiger charge is 2.58. The average molecular weight is 513 g/mol. The number of nitrogens with one attached hydrogen (secondary N) is 2. The van der Waals surface area contributed by atoms with Crippen LogP contribution in [0.25, 0.3) is 0 Å². The number of carbonyl (C=O) groups excluding carboxylic acids is 4. The lowest BCUT2D eigenvalue weighted by Crippen LogP contribution is -2.47. The van der Waals surface area contributed by atoms with Crippen LogP contribution in [0, 0.1) is 12.8 Å². The molecule has 2 atom stereocenters. The van der Waals surface area contributed by atoms with Gasteiger partial charge in [0.25, 0.3) is 5.91 Å². The predicted octanol–water partition coefficient (Wildman–Crippen LogP) is 2.55. The molecule has 2 N–H and O–H groups in total. The Kier molecular flexibility index (Phi) is 6.15. The number of amides is 5. The zero-order valence-corrected chi connectivity index (χ0v) is 21.2. The molecule has 5 amide bonds. The highest BCUT2D eigenvalue weighted by molar-refractivity contribution is 7.11. The molecule has 1 spiro atoms. The Morgan fingerprint density at radius 2 is 2.08 bits per heavy atom. The maximum Gasteiger partial charge on any atom is 0.418 e. The Balaban J connectivity index is 1.34. The van der Waals surface area contributed by atoms with E-state index in [0.717, 1.165) is 28.3 Å². The van der Waals surface area contributed by atoms with Crippen molar-refractivity contribution in [1.29, 1.82) is 0 Å². The smallest absolute Gasteiger partial charge is 0.418 e. The first-order valence-corrected chi connectivity index (χ1v) is 12.8. The molecule has 1 saturated heterocycles. The Bertz CT molecular complexity index is 1240. The standard InChI is InChI=1S/C24H28N6O5S/c1-13(15-4-5-15)29(11-19-28-27-14(2)36-19)20(31)12-30-21(32)24(35-23(30)34)9-8-16-10-17(6-7-18(16)24)26-22(33)25-3/h6-7,10,13,15H,4-5,8-9,11-12H2,1-3H3,(H2,25,26,33)/t13-,24+/m0/s1. The second kappa shape index (κ2) is 9.16. The van der Waals surface area contributed by atoms with Gasteiger partial charge in [0, 0.05) is 30.8 Å². The van der Waals surface area contributed by atoms with Gasteiger partial charge in [-0.05, 0) is 56.7 Å². The molecule has 12 heteroatoms. The molecule has 36 heavy (non-hydrogen) atoms. The molecule has 1 aromatic heterocycles. The number of rotatable bonds is 7. The van der Waals surface area contributed by atoms with E-state index in [1.54, 1.807) is 23.1 Å². The Morgan fingerprint density at radius 1 is 1.31 bits per heavy atom.